The van der Waals surface area contributed by atoms with Crippen LogP contribution in [-0.2, 0) is 11.2 Å². The van der Waals surface area contributed by atoms with Crippen LogP contribution in [0.3, 0.4) is 0 Å². The molecule has 0 spiro atoms. The van der Waals surface area contributed by atoms with Crippen LogP contribution in [0.5, 0.6) is 11.5 Å². The number of hydrogen-bond donors (Lipinski definition) is 0. The third kappa shape index (κ3) is 4.12. The van der Waals surface area contributed by atoms with Gasteiger partial charge in [-0.2, -0.15) is 0 Å². The lowest BCUT2D eigenvalue weighted by Gasteiger charge is -2.34. The number of hydrogen-bond acceptors (Lipinski definition) is 7. The van der Waals surface area contributed by atoms with Crippen molar-refractivity contribution in [1.82, 2.24) is 14.9 Å². The van der Waals surface area contributed by atoms with E-state index < -0.39 is 0 Å². The number of carbonyl (C=O) groups is 1. The Labute approximate surface area is 173 Å². The third-order valence-corrected chi connectivity index (χ3v) is 6.19. The number of fused-ring (bicyclic) bond motifs is 1. The molecule has 2 aromatic heterocycles. The molecule has 1 aliphatic rings. The van der Waals surface area contributed by atoms with Gasteiger partial charge < -0.3 is 19.3 Å². The lowest BCUT2D eigenvalue weighted by atomic mass is 10.1. The Hall–Kier alpha value is -2.87. The van der Waals surface area contributed by atoms with E-state index in [0.29, 0.717) is 37.4 Å². The van der Waals surface area contributed by atoms with Crippen LogP contribution < -0.4 is 14.4 Å². The van der Waals surface area contributed by atoms with Crippen molar-refractivity contribution in [3.8, 4) is 11.5 Å². The summed E-state index contributed by atoms with van der Waals surface area (Å²) in [4.78, 5) is 26.9. The molecule has 8 heteroatoms. The first-order valence-corrected chi connectivity index (χ1v) is 10.5. The molecule has 1 aromatic carbocycles. The molecule has 1 fully saturated rings. The van der Waals surface area contributed by atoms with Gasteiger partial charge in [-0.25, -0.2) is 9.97 Å². The molecule has 1 saturated heterocycles. The van der Waals surface area contributed by atoms with Crippen molar-refractivity contribution in [2.24, 2.45) is 0 Å². The molecule has 1 amide bonds. The molecule has 0 N–H and O–H groups in total. The second-order valence-electron chi connectivity index (χ2n) is 6.84. The molecule has 0 atom stereocenters. The van der Waals surface area contributed by atoms with Gasteiger partial charge in [0.05, 0.1) is 14.2 Å². The second-order valence-corrected chi connectivity index (χ2v) is 7.80. The highest BCUT2D eigenvalue weighted by Crippen LogP contribution is 2.32. The Bertz CT molecular complexity index is 966. The number of amides is 1. The molecular weight excluding hydrogens is 388 g/mol. The van der Waals surface area contributed by atoms with E-state index in [2.05, 4.69) is 14.9 Å². The number of nitrogens with zero attached hydrogens (tertiary/aromatic N) is 4. The summed E-state index contributed by atoms with van der Waals surface area (Å²) in [5, 5.41) is 0.979. The zero-order chi connectivity index (χ0) is 20.2. The SMILES string of the molecule is COc1cccc(CCC(=O)N2CCN(c3nc4cccnc4s3)CC2)c1OC. The molecule has 29 heavy (non-hydrogen) atoms. The van der Waals surface area contributed by atoms with Gasteiger partial charge in [0, 0.05) is 38.8 Å². The van der Waals surface area contributed by atoms with Crippen molar-refractivity contribution in [2.45, 2.75) is 12.8 Å². The zero-order valence-corrected chi connectivity index (χ0v) is 17.4. The summed E-state index contributed by atoms with van der Waals surface area (Å²) in [6, 6.07) is 9.65. The number of aryl methyl sites for hydroxylation is 1. The first-order valence-electron chi connectivity index (χ1n) is 9.63. The number of anilines is 1. The Kier molecular flexibility index (Phi) is 5.80. The Balaban J connectivity index is 1.33. The third-order valence-electron chi connectivity index (χ3n) is 5.15. The summed E-state index contributed by atoms with van der Waals surface area (Å²) in [7, 11) is 3.24. The van der Waals surface area contributed by atoms with Crippen LogP contribution in [0.4, 0.5) is 5.13 Å². The quantitative estimate of drug-likeness (QED) is 0.620. The maximum Gasteiger partial charge on any atom is 0.223 e. The topological polar surface area (TPSA) is 67.8 Å². The number of methoxy groups -OCH3 is 2. The van der Waals surface area contributed by atoms with Crippen molar-refractivity contribution >= 4 is 32.7 Å². The first kappa shape index (κ1) is 19.4. The Morgan fingerprint density at radius 1 is 1.10 bits per heavy atom. The van der Waals surface area contributed by atoms with Crippen LogP contribution in [0.25, 0.3) is 10.3 Å². The maximum absolute atomic E-state index is 12.7. The van der Waals surface area contributed by atoms with Gasteiger partial charge in [-0.05, 0) is 30.2 Å². The number of carbonyl (C=O) groups excluding carboxylic acids is 1. The minimum atomic E-state index is 0.167. The Morgan fingerprint density at radius 3 is 2.66 bits per heavy atom. The van der Waals surface area contributed by atoms with Gasteiger partial charge in [-0.15, -0.1) is 0 Å². The van der Waals surface area contributed by atoms with E-state index >= 15 is 0 Å². The van der Waals surface area contributed by atoms with E-state index in [4.69, 9.17) is 9.47 Å². The van der Waals surface area contributed by atoms with E-state index in [-0.39, 0.29) is 5.91 Å². The minimum absolute atomic E-state index is 0.167. The molecular formula is C21H24N4O3S. The zero-order valence-electron chi connectivity index (χ0n) is 16.6. The number of thiazole rings is 1. The maximum atomic E-state index is 12.7. The summed E-state index contributed by atoms with van der Waals surface area (Å²) >= 11 is 1.60. The van der Waals surface area contributed by atoms with Gasteiger partial charge in [0.2, 0.25) is 5.91 Å². The monoisotopic (exact) mass is 412 g/mol. The number of benzene rings is 1. The van der Waals surface area contributed by atoms with Crippen molar-refractivity contribution in [1.29, 1.82) is 0 Å². The molecule has 0 saturated carbocycles. The fourth-order valence-corrected chi connectivity index (χ4v) is 4.55. The molecule has 4 rings (SSSR count). The van der Waals surface area contributed by atoms with Gasteiger partial charge in [-0.3, -0.25) is 4.79 Å². The molecule has 3 aromatic rings. The molecule has 0 bridgehead atoms. The summed E-state index contributed by atoms with van der Waals surface area (Å²) in [6.45, 7) is 2.98. The molecule has 1 aliphatic heterocycles. The van der Waals surface area contributed by atoms with Crippen LogP contribution in [0.1, 0.15) is 12.0 Å². The van der Waals surface area contributed by atoms with Crippen LogP contribution in [-0.4, -0.2) is 61.2 Å². The van der Waals surface area contributed by atoms with Crippen molar-refractivity contribution in [3.05, 3.63) is 42.1 Å². The fourth-order valence-electron chi connectivity index (χ4n) is 3.59. The summed E-state index contributed by atoms with van der Waals surface area (Å²) in [6.07, 6.45) is 2.87. The second kappa shape index (κ2) is 8.65. The van der Waals surface area contributed by atoms with Gasteiger partial charge in [0.15, 0.2) is 16.6 Å². The molecule has 7 nitrogen and oxygen atoms in total. The lowest BCUT2D eigenvalue weighted by molar-refractivity contribution is -0.131. The summed E-state index contributed by atoms with van der Waals surface area (Å²) in [5.41, 5.74) is 1.92. The smallest absolute Gasteiger partial charge is 0.223 e. The lowest BCUT2D eigenvalue weighted by Crippen LogP contribution is -2.48. The molecule has 0 unspecified atom stereocenters. The number of pyridine rings is 1. The fraction of sp³-hybridized carbons (Fsp3) is 0.381. The van der Waals surface area contributed by atoms with Crippen molar-refractivity contribution < 1.29 is 14.3 Å². The highest BCUT2D eigenvalue weighted by molar-refractivity contribution is 7.21. The van der Waals surface area contributed by atoms with Crippen LogP contribution in [0, 0.1) is 0 Å². The normalized spacial score (nSPS) is 14.3. The molecule has 0 radical (unpaired) electrons. The first-order chi connectivity index (χ1) is 14.2. The van der Waals surface area contributed by atoms with Crippen LogP contribution in [0.15, 0.2) is 36.5 Å². The van der Waals surface area contributed by atoms with E-state index in [1.54, 1.807) is 31.8 Å². The molecule has 3 heterocycles. The Morgan fingerprint density at radius 2 is 1.93 bits per heavy atom. The van der Waals surface area contributed by atoms with Crippen LogP contribution >= 0.6 is 11.3 Å². The molecule has 0 aliphatic carbocycles. The van der Waals surface area contributed by atoms with Crippen LogP contribution in [0.2, 0.25) is 0 Å². The predicted molar refractivity (Wildman–Crippen MR) is 114 cm³/mol. The number of ether oxygens (including phenoxy) is 2. The van der Waals surface area contributed by atoms with Crippen molar-refractivity contribution in [3.63, 3.8) is 0 Å². The van der Waals surface area contributed by atoms with Gasteiger partial charge in [0.1, 0.15) is 10.3 Å². The van der Waals surface area contributed by atoms with E-state index in [1.165, 1.54) is 0 Å². The van der Waals surface area contributed by atoms with Crippen molar-refractivity contribution in [2.75, 3.05) is 45.3 Å². The molecule has 152 valence electrons. The number of rotatable bonds is 6. The highest BCUT2D eigenvalue weighted by Gasteiger charge is 2.23. The van der Waals surface area contributed by atoms with E-state index in [1.807, 2.05) is 35.2 Å². The summed E-state index contributed by atoms with van der Waals surface area (Å²) in [5.74, 6) is 1.56. The van der Waals surface area contributed by atoms with E-state index in [9.17, 15) is 4.79 Å². The highest BCUT2D eigenvalue weighted by atomic mass is 32.1. The number of aromatic nitrogens is 2. The number of piperazine rings is 1. The van der Waals surface area contributed by atoms with Gasteiger partial charge >= 0.3 is 0 Å². The summed E-state index contributed by atoms with van der Waals surface area (Å²) < 4.78 is 10.8. The standard InChI is InChI=1S/C21H24N4O3S/c1-27-17-7-3-5-15(19(17)28-2)8-9-18(26)24-11-13-25(14-12-24)21-23-16-6-4-10-22-20(16)29-21/h3-7,10H,8-9,11-14H2,1-2H3. The average Bonchev–Trinajstić information content (AvgIpc) is 3.21. The number of para-hydroxylation sites is 1. The average molecular weight is 413 g/mol. The van der Waals surface area contributed by atoms with E-state index in [0.717, 1.165) is 34.1 Å². The minimum Gasteiger partial charge on any atom is -0.493 e. The van der Waals surface area contributed by atoms with Gasteiger partial charge in [-0.1, -0.05) is 23.5 Å². The predicted octanol–water partition coefficient (Wildman–Crippen LogP) is 2.99. The largest absolute Gasteiger partial charge is 0.493 e. The van der Waals surface area contributed by atoms with Gasteiger partial charge in [0.25, 0.3) is 0 Å².